The number of ether oxygens (including phenoxy) is 2. The minimum atomic E-state index is -0.233. The predicted octanol–water partition coefficient (Wildman–Crippen LogP) is 3.73. The maximum Gasteiger partial charge on any atom is 0.319 e. The Kier molecular flexibility index (Phi) is 7.26. The zero-order chi connectivity index (χ0) is 17.2. The van der Waals surface area contributed by atoms with Gasteiger partial charge in [-0.1, -0.05) is 42.5 Å². The fourth-order valence-corrected chi connectivity index (χ4v) is 2.26. The van der Waals surface area contributed by atoms with Crippen molar-refractivity contribution in [3.63, 3.8) is 0 Å². The average molecular weight is 328 g/mol. The monoisotopic (exact) mass is 328 g/mol. The van der Waals surface area contributed by atoms with Crippen LogP contribution in [0, 0.1) is 0 Å². The van der Waals surface area contributed by atoms with Crippen molar-refractivity contribution < 1.29 is 14.3 Å². The Bertz CT molecular complexity index is 632. The van der Waals surface area contributed by atoms with E-state index >= 15 is 0 Å². The first kappa shape index (κ1) is 18.0. The lowest BCUT2D eigenvalue weighted by Crippen LogP contribution is -2.31. The highest BCUT2D eigenvalue weighted by atomic mass is 16.5. The van der Waals surface area contributed by atoms with Gasteiger partial charge in [0.15, 0.2) is 0 Å². The van der Waals surface area contributed by atoms with Crippen molar-refractivity contribution in [1.29, 1.82) is 0 Å². The van der Waals surface area contributed by atoms with Gasteiger partial charge >= 0.3 is 6.03 Å². The summed E-state index contributed by atoms with van der Waals surface area (Å²) in [6, 6.07) is 17.2. The van der Waals surface area contributed by atoms with Crippen molar-refractivity contribution in [3.8, 4) is 0 Å². The molecule has 0 saturated carbocycles. The fourth-order valence-electron chi connectivity index (χ4n) is 2.26. The lowest BCUT2D eigenvalue weighted by Gasteiger charge is -2.15. The molecule has 0 bridgehead atoms. The van der Waals surface area contributed by atoms with Gasteiger partial charge in [0, 0.05) is 12.8 Å². The highest BCUT2D eigenvalue weighted by molar-refractivity contribution is 5.89. The summed E-state index contributed by atoms with van der Waals surface area (Å²) in [6.07, 6.45) is 0. The molecule has 0 aliphatic carbocycles. The van der Waals surface area contributed by atoms with Crippen LogP contribution in [-0.4, -0.2) is 26.4 Å². The molecule has 128 valence electrons. The van der Waals surface area contributed by atoms with Gasteiger partial charge in [-0.15, -0.1) is 0 Å². The summed E-state index contributed by atoms with van der Waals surface area (Å²) >= 11 is 0. The molecule has 0 spiro atoms. The zero-order valence-corrected chi connectivity index (χ0v) is 14.1. The Morgan fingerprint density at radius 2 is 1.88 bits per heavy atom. The van der Waals surface area contributed by atoms with Gasteiger partial charge in [0.25, 0.3) is 0 Å². The van der Waals surface area contributed by atoms with E-state index in [1.54, 1.807) is 7.11 Å². The van der Waals surface area contributed by atoms with Gasteiger partial charge in [0.1, 0.15) is 0 Å². The third kappa shape index (κ3) is 6.02. The van der Waals surface area contributed by atoms with Crippen molar-refractivity contribution in [2.45, 2.75) is 19.6 Å². The number of urea groups is 1. The normalized spacial score (nSPS) is 11.8. The summed E-state index contributed by atoms with van der Waals surface area (Å²) in [4.78, 5) is 12.1. The van der Waals surface area contributed by atoms with Crippen LogP contribution >= 0.6 is 0 Å². The molecule has 2 rings (SSSR count). The van der Waals surface area contributed by atoms with Crippen LogP contribution in [0.4, 0.5) is 10.5 Å². The van der Waals surface area contributed by atoms with Crippen LogP contribution in [0.5, 0.6) is 0 Å². The maximum atomic E-state index is 12.1. The first-order valence-electron chi connectivity index (χ1n) is 7.97. The van der Waals surface area contributed by atoms with E-state index < -0.39 is 0 Å². The number of benzene rings is 2. The minimum absolute atomic E-state index is 0.0632. The highest BCUT2D eigenvalue weighted by Crippen LogP contribution is 2.14. The van der Waals surface area contributed by atoms with Crippen LogP contribution in [0.1, 0.15) is 24.1 Å². The summed E-state index contributed by atoms with van der Waals surface area (Å²) in [7, 11) is 1.64. The second kappa shape index (κ2) is 9.70. The third-order valence-corrected chi connectivity index (χ3v) is 3.53. The molecular weight excluding hydrogens is 304 g/mol. The molecule has 0 aliphatic heterocycles. The van der Waals surface area contributed by atoms with E-state index in [-0.39, 0.29) is 12.1 Å². The molecule has 1 atom stereocenters. The van der Waals surface area contributed by atoms with Gasteiger partial charge in [0.2, 0.25) is 0 Å². The second-order valence-electron chi connectivity index (χ2n) is 5.48. The first-order chi connectivity index (χ1) is 11.7. The summed E-state index contributed by atoms with van der Waals surface area (Å²) in [5, 5.41) is 5.78. The standard InChI is InChI=1S/C19H24N2O3/c1-15(17-8-4-3-5-9-17)20-19(22)21-18-10-6-7-16(13-18)14-24-12-11-23-2/h3-10,13,15H,11-12,14H2,1-2H3,(H2,20,21,22). The molecule has 2 N–H and O–H groups in total. The topological polar surface area (TPSA) is 59.6 Å². The molecular formula is C19H24N2O3. The number of anilines is 1. The number of hydrogen-bond donors (Lipinski definition) is 2. The van der Waals surface area contributed by atoms with Crippen molar-refractivity contribution >= 4 is 11.7 Å². The molecule has 1 unspecified atom stereocenters. The SMILES string of the molecule is COCCOCc1cccc(NC(=O)NC(C)c2ccccc2)c1. The number of rotatable bonds is 8. The number of carbonyl (C=O) groups excluding carboxylic acids is 1. The van der Waals surface area contributed by atoms with E-state index in [1.165, 1.54) is 0 Å². The lowest BCUT2D eigenvalue weighted by molar-refractivity contribution is 0.0617. The van der Waals surface area contributed by atoms with Gasteiger partial charge < -0.3 is 20.1 Å². The first-order valence-corrected chi connectivity index (χ1v) is 7.97. The van der Waals surface area contributed by atoms with Crippen molar-refractivity contribution in [1.82, 2.24) is 5.32 Å². The molecule has 5 heteroatoms. The third-order valence-electron chi connectivity index (χ3n) is 3.53. The molecule has 5 nitrogen and oxygen atoms in total. The lowest BCUT2D eigenvalue weighted by atomic mass is 10.1. The van der Waals surface area contributed by atoms with Gasteiger partial charge in [-0.2, -0.15) is 0 Å². The number of nitrogens with one attached hydrogen (secondary N) is 2. The fraction of sp³-hybridized carbons (Fsp3) is 0.316. The minimum Gasteiger partial charge on any atom is -0.382 e. The van der Waals surface area contributed by atoms with Crippen LogP contribution in [0.2, 0.25) is 0 Å². The molecule has 0 heterocycles. The molecule has 2 aromatic carbocycles. The predicted molar refractivity (Wildman–Crippen MR) is 95.0 cm³/mol. The second-order valence-corrected chi connectivity index (χ2v) is 5.48. The maximum absolute atomic E-state index is 12.1. The molecule has 2 aromatic rings. The molecule has 0 saturated heterocycles. The Labute approximate surface area is 143 Å². The summed E-state index contributed by atoms with van der Waals surface area (Å²) in [6.45, 7) is 3.55. The largest absolute Gasteiger partial charge is 0.382 e. The Hall–Kier alpha value is -2.37. The molecule has 24 heavy (non-hydrogen) atoms. The molecule has 0 radical (unpaired) electrons. The van der Waals surface area contributed by atoms with Crippen LogP contribution in [0.3, 0.4) is 0 Å². The van der Waals surface area contributed by atoms with Crippen LogP contribution < -0.4 is 10.6 Å². The van der Waals surface area contributed by atoms with Crippen molar-refractivity contribution in [2.75, 3.05) is 25.6 Å². The Morgan fingerprint density at radius 3 is 2.62 bits per heavy atom. The summed E-state index contributed by atoms with van der Waals surface area (Å²) in [5.41, 5.74) is 2.80. The van der Waals surface area contributed by atoms with Gasteiger partial charge in [-0.25, -0.2) is 4.79 Å². The Morgan fingerprint density at radius 1 is 1.08 bits per heavy atom. The number of hydrogen-bond acceptors (Lipinski definition) is 3. The summed E-state index contributed by atoms with van der Waals surface area (Å²) in [5.74, 6) is 0. The van der Waals surface area contributed by atoms with Gasteiger partial charge in [-0.05, 0) is 30.2 Å². The van der Waals surface area contributed by atoms with Crippen LogP contribution in [0.25, 0.3) is 0 Å². The number of methoxy groups -OCH3 is 1. The number of amides is 2. The van der Waals surface area contributed by atoms with Crippen molar-refractivity contribution in [2.24, 2.45) is 0 Å². The van der Waals surface area contributed by atoms with Crippen LogP contribution in [0.15, 0.2) is 54.6 Å². The Balaban J connectivity index is 1.85. The zero-order valence-electron chi connectivity index (χ0n) is 14.1. The average Bonchev–Trinajstić information content (AvgIpc) is 2.60. The quantitative estimate of drug-likeness (QED) is 0.726. The van der Waals surface area contributed by atoms with E-state index in [0.29, 0.717) is 19.8 Å². The van der Waals surface area contributed by atoms with Crippen molar-refractivity contribution in [3.05, 3.63) is 65.7 Å². The molecule has 0 aromatic heterocycles. The van der Waals surface area contributed by atoms with Gasteiger partial charge in [0.05, 0.1) is 25.9 Å². The van der Waals surface area contributed by atoms with E-state index in [9.17, 15) is 4.79 Å². The van der Waals surface area contributed by atoms with Gasteiger partial charge in [-0.3, -0.25) is 0 Å². The molecule has 2 amide bonds. The van der Waals surface area contributed by atoms with E-state index in [1.807, 2.05) is 61.5 Å². The molecule has 0 fully saturated rings. The summed E-state index contributed by atoms with van der Waals surface area (Å²) < 4.78 is 10.4. The smallest absolute Gasteiger partial charge is 0.319 e. The van der Waals surface area contributed by atoms with E-state index in [4.69, 9.17) is 9.47 Å². The van der Waals surface area contributed by atoms with E-state index in [2.05, 4.69) is 10.6 Å². The molecule has 0 aliphatic rings. The van der Waals surface area contributed by atoms with E-state index in [0.717, 1.165) is 16.8 Å². The number of carbonyl (C=O) groups is 1. The van der Waals surface area contributed by atoms with Crippen LogP contribution in [-0.2, 0) is 16.1 Å². The highest BCUT2D eigenvalue weighted by Gasteiger charge is 2.09.